The predicted molar refractivity (Wildman–Crippen MR) is 93.9 cm³/mol. The number of sulfone groups is 1. The Morgan fingerprint density at radius 2 is 1.62 bits per heavy atom. The maximum absolute atomic E-state index is 12.3. The average Bonchev–Trinajstić information content (AvgIpc) is 2.61. The van der Waals surface area contributed by atoms with Crippen LogP contribution >= 0.6 is 0 Å². The van der Waals surface area contributed by atoms with Gasteiger partial charge < -0.3 is 11.1 Å². The molecule has 0 aliphatic carbocycles. The van der Waals surface area contributed by atoms with E-state index in [2.05, 4.69) is 5.32 Å². The van der Waals surface area contributed by atoms with Gasteiger partial charge in [0.2, 0.25) is 5.91 Å². The van der Waals surface area contributed by atoms with Crippen LogP contribution in [0.2, 0.25) is 0 Å². The second-order valence-electron chi connectivity index (χ2n) is 5.25. The quantitative estimate of drug-likeness (QED) is 0.799. The summed E-state index contributed by atoms with van der Waals surface area (Å²) >= 11 is 0. The van der Waals surface area contributed by atoms with Gasteiger partial charge in [-0.2, -0.15) is 0 Å². The van der Waals surface area contributed by atoms with E-state index in [1.807, 2.05) is 30.3 Å². The van der Waals surface area contributed by atoms with Crippen LogP contribution in [0, 0.1) is 0 Å². The summed E-state index contributed by atoms with van der Waals surface area (Å²) in [5.74, 6) is -0.335. The van der Waals surface area contributed by atoms with Crippen LogP contribution in [-0.4, -0.2) is 26.9 Å². The molecule has 6 heteroatoms. The molecule has 0 heterocycles. The first-order chi connectivity index (χ1) is 11.5. The molecule has 1 amide bonds. The van der Waals surface area contributed by atoms with Crippen molar-refractivity contribution in [1.29, 1.82) is 0 Å². The van der Waals surface area contributed by atoms with Crippen molar-refractivity contribution in [2.24, 2.45) is 5.73 Å². The summed E-state index contributed by atoms with van der Waals surface area (Å²) in [7, 11) is -3.55. The van der Waals surface area contributed by atoms with Crippen LogP contribution in [0.4, 0.5) is 0 Å². The van der Waals surface area contributed by atoms with Gasteiger partial charge in [-0.3, -0.25) is 4.79 Å². The Morgan fingerprint density at radius 3 is 2.21 bits per heavy atom. The minimum absolute atomic E-state index is 0.148. The number of nitrogens with one attached hydrogen (secondary N) is 1. The molecule has 0 aliphatic rings. The van der Waals surface area contributed by atoms with Gasteiger partial charge >= 0.3 is 0 Å². The Balaban J connectivity index is 2.19. The van der Waals surface area contributed by atoms with Crippen molar-refractivity contribution in [3.8, 4) is 0 Å². The molecule has 5 nitrogen and oxygen atoms in total. The van der Waals surface area contributed by atoms with Gasteiger partial charge in [-0.05, 0) is 24.1 Å². The molecular formula is C18H20N2O3S. The molecule has 0 saturated carbocycles. The number of carbonyl (C=O) groups is 1. The van der Waals surface area contributed by atoms with Crippen molar-refractivity contribution < 1.29 is 13.2 Å². The number of carbonyl (C=O) groups excluding carboxylic acids is 1. The Kier molecular flexibility index (Phi) is 6.28. The van der Waals surface area contributed by atoms with Gasteiger partial charge in [0, 0.05) is 5.41 Å². The lowest BCUT2D eigenvalue weighted by molar-refractivity contribution is -0.120. The number of benzene rings is 2. The van der Waals surface area contributed by atoms with Gasteiger partial charge in [-0.15, -0.1) is 0 Å². The highest BCUT2D eigenvalue weighted by Crippen LogP contribution is 2.12. The molecule has 0 saturated heterocycles. The van der Waals surface area contributed by atoms with Crippen LogP contribution in [0.15, 0.2) is 77.0 Å². The summed E-state index contributed by atoms with van der Waals surface area (Å²) in [5.41, 5.74) is 6.32. The van der Waals surface area contributed by atoms with Crippen molar-refractivity contribution in [2.75, 3.05) is 6.54 Å². The van der Waals surface area contributed by atoms with E-state index in [1.165, 1.54) is 18.2 Å². The summed E-state index contributed by atoms with van der Waals surface area (Å²) in [6.45, 7) is -0.148. The summed E-state index contributed by atoms with van der Waals surface area (Å²) in [6, 6.07) is 17.2. The van der Waals surface area contributed by atoms with Crippen molar-refractivity contribution in [2.45, 2.75) is 17.4 Å². The average molecular weight is 344 g/mol. The molecular weight excluding hydrogens is 324 g/mol. The van der Waals surface area contributed by atoms with Gasteiger partial charge in [-0.25, -0.2) is 8.42 Å². The fraction of sp³-hybridized carbons (Fsp3) is 0.167. The number of hydrogen-bond acceptors (Lipinski definition) is 4. The minimum Gasteiger partial charge on any atom is -0.348 e. The van der Waals surface area contributed by atoms with Gasteiger partial charge in [0.25, 0.3) is 0 Å². The molecule has 1 atom stereocenters. The smallest absolute Gasteiger partial charge is 0.234 e. The zero-order valence-electron chi connectivity index (χ0n) is 13.1. The molecule has 0 fully saturated rings. The van der Waals surface area contributed by atoms with Crippen molar-refractivity contribution in [1.82, 2.24) is 5.32 Å². The molecule has 0 aliphatic heterocycles. The highest BCUT2D eigenvalue weighted by atomic mass is 32.2. The van der Waals surface area contributed by atoms with E-state index < -0.39 is 15.9 Å². The van der Waals surface area contributed by atoms with Gasteiger partial charge in [0.15, 0.2) is 9.84 Å². The lowest BCUT2D eigenvalue weighted by atomic mass is 10.1. The Morgan fingerprint density at radius 1 is 1.04 bits per heavy atom. The van der Waals surface area contributed by atoms with Crippen LogP contribution in [-0.2, 0) is 21.1 Å². The van der Waals surface area contributed by atoms with Crippen LogP contribution in [0.25, 0.3) is 0 Å². The SMILES string of the molecule is NCC(=O)NC(C=CS(=O)(=O)c1ccccc1)Cc1ccccc1. The predicted octanol–water partition coefficient (Wildman–Crippen LogP) is 1.66. The zero-order chi connectivity index (χ0) is 17.4. The third-order valence-corrected chi connectivity index (χ3v) is 4.84. The van der Waals surface area contributed by atoms with Crippen LogP contribution in [0.3, 0.4) is 0 Å². The molecule has 0 bridgehead atoms. The molecule has 3 N–H and O–H groups in total. The van der Waals surface area contributed by atoms with E-state index in [0.29, 0.717) is 6.42 Å². The van der Waals surface area contributed by atoms with Crippen molar-refractivity contribution in [3.05, 3.63) is 77.7 Å². The van der Waals surface area contributed by atoms with E-state index in [4.69, 9.17) is 5.73 Å². The molecule has 2 rings (SSSR count). The van der Waals surface area contributed by atoms with Crippen molar-refractivity contribution in [3.63, 3.8) is 0 Å². The molecule has 1 unspecified atom stereocenters. The molecule has 0 spiro atoms. The third-order valence-electron chi connectivity index (χ3n) is 3.39. The Hall–Kier alpha value is -2.44. The largest absolute Gasteiger partial charge is 0.348 e. The molecule has 2 aromatic rings. The third kappa shape index (κ3) is 5.33. The monoisotopic (exact) mass is 344 g/mol. The molecule has 24 heavy (non-hydrogen) atoms. The second kappa shape index (κ2) is 8.42. The van der Waals surface area contributed by atoms with E-state index in [9.17, 15) is 13.2 Å². The van der Waals surface area contributed by atoms with Crippen LogP contribution in [0.5, 0.6) is 0 Å². The molecule has 126 valence electrons. The second-order valence-corrected chi connectivity index (χ2v) is 7.09. The summed E-state index contributed by atoms with van der Waals surface area (Å²) in [4.78, 5) is 11.8. The lowest BCUT2D eigenvalue weighted by Gasteiger charge is -2.15. The maximum atomic E-state index is 12.3. The first-order valence-corrected chi connectivity index (χ1v) is 9.07. The van der Waals surface area contributed by atoms with Crippen LogP contribution in [0.1, 0.15) is 5.56 Å². The summed E-state index contributed by atoms with van der Waals surface area (Å²) < 4.78 is 24.6. The number of amides is 1. The van der Waals surface area contributed by atoms with E-state index in [-0.39, 0.29) is 17.3 Å². The number of nitrogens with two attached hydrogens (primary N) is 1. The summed E-state index contributed by atoms with van der Waals surface area (Å²) in [5, 5.41) is 3.86. The van der Waals surface area contributed by atoms with E-state index in [0.717, 1.165) is 11.0 Å². The first-order valence-electron chi connectivity index (χ1n) is 7.53. The summed E-state index contributed by atoms with van der Waals surface area (Å²) in [6.07, 6.45) is 1.97. The number of hydrogen-bond donors (Lipinski definition) is 2. The first kappa shape index (κ1) is 17.9. The van der Waals surface area contributed by atoms with Gasteiger partial charge in [-0.1, -0.05) is 54.6 Å². The molecule has 2 aromatic carbocycles. The van der Waals surface area contributed by atoms with Crippen LogP contribution < -0.4 is 11.1 Å². The number of rotatable bonds is 7. The van der Waals surface area contributed by atoms with Gasteiger partial charge in [0.05, 0.1) is 17.5 Å². The molecule has 0 radical (unpaired) electrons. The molecule has 0 aromatic heterocycles. The highest BCUT2D eigenvalue weighted by Gasteiger charge is 2.13. The van der Waals surface area contributed by atoms with E-state index in [1.54, 1.807) is 18.2 Å². The Labute approximate surface area is 142 Å². The fourth-order valence-corrected chi connectivity index (χ4v) is 3.28. The normalized spacial score (nSPS) is 12.9. The standard InChI is InChI=1S/C18H20N2O3S/c19-14-18(21)20-16(13-15-7-3-1-4-8-15)11-12-24(22,23)17-9-5-2-6-10-17/h1-12,16H,13-14,19H2,(H,20,21). The van der Waals surface area contributed by atoms with Crippen molar-refractivity contribution >= 4 is 15.7 Å². The fourth-order valence-electron chi connectivity index (χ4n) is 2.19. The van der Waals surface area contributed by atoms with Gasteiger partial charge in [0.1, 0.15) is 0 Å². The minimum atomic E-state index is -3.55. The van der Waals surface area contributed by atoms with E-state index >= 15 is 0 Å². The maximum Gasteiger partial charge on any atom is 0.234 e. The highest BCUT2D eigenvalue weighted by molar-refractivity contribution is 7.94. The lowest BCUT2D eigenvalue weighted by Crippen LogP contribution is -2.39. The Bertz CT molecular complexity index is 788. The zero-order valence-corrected chi connectivity index (χ0v) is 13.9. The topological polar surface area (TPSA) is 89.3 Å².